The monoisotopic (exact) mass is 422 g/mol. The minimum Gasteiger partial charge on any atom is -0.333 e. The van der Waals surface area contributed by atoms with Crippen LogP contribution < -0.4 is 5.43 Å². The minimum atomic E-state index is -0.751. The fourth-order valence-electron chi connectivity index (χ4n) is 2.76. The summed E-state index contributed by atoms with van der Waals surface area (Å²) < 4.78 is 27.1. The van der Waals surface area contributed by atoms with Crippen molar-refractivity contribution < 1.29 is 13.6 Å². The maximum Gasteiger partial charge on any atom is 0.271 e. The van der Waals surface area contributed by atoms with Gasteiger partial charge >= 0.3 is 0 Å². The molecule has 30 heavy (non-hydrogen) atoms. The number of hydrazone groups is 1. The van der Waals surface area contributed by atoms with Crippen molar-refractivity contribution in [2.45, 2.75) is 10.9 Å². The van der Waals surface area contributed by atoms with Gasteiger partial charge in [-0.3, -0.25) is 4.79 Å². The largest absolute Gasteiger partial charge is 0.333 e. The molecule has 150 valence electrons. The molecule has 4 rings (SSSR count). The summed E-state index contributed by atoms with van der Waals surface area (Å²) >= 11 is 1.57. The zero-order valence-corrected chi connectivity index (χ0v) is 16.4. The van der Waals surface area contributed by atoms with E-state index in [-0.39, 0.29) is 5.56 Å². The first-order chi connectivity index (χ1) is 14.6. The first-order valence-electron chi connectivity index (χ1n) is 9.04. The highest BCUT2D eigenvalue weighted by Crippen LogP contribution is 2.23. The number of halogens is 2. The van der Waals surface area contributed by atoms with Gasteiger partial charge in [-0.15, -0.1) is 0 Å². The number of aromatic amines is 1. The molecule has 4 aromatic rings. The lowest BCUT2D eigenvalue weighted by atomic mass is 10.1. The summed E-state index contributed by atoms with van der Waals surface area (Å²) in [5, 5.41) is 4.46. The Hall–Kier alpha value is -3.52. The molecule has 1 aromatic heterocycles. The Morgan fingerprint density at radius 2 is 1.77 bits per heavy atom. The number of fused-ring (bicyclic) bond motifs is 1. The number of thioether (sulfide) groups is 1. The number of carbonyl (C=O) groups excluding carboxylic acids is 1. The number of hydrogen-bond acceptors (Lipinski definition) is 4. The van der Waals surface area contributed by atoms with Crippen LogP contribution in [-0.2, 0) is 5.75 Å². The second-order valence-electron chi connectivity index (χ2n) is 6.38. The fraction of sp³-hybridized carbons (Fsp3) is 0.0455. The zero-order valence-electron chi connectivity index (χ0n) is 15.6. The smallest absolute Gasteiger partial charge is 0.271 e. The summed E-state index contributed by atoms with van der Waals surface area (Å²) in [5.41, 5.74) is 5.28. The number of aromatic nitrogens is 2. The van der Waals surface area contributed by atoms with Crippen molar-refractivity contribution in [3.05, 3.63) is 95.1 Å². The number of carbonyl (C=O) groups is 1. The van der Waals surface area contributed by atoms with Gasteiger partial charge in [-0.25, -0.2) is 19.2 Å². The molecule has 0 saturated heterocycles. The average molecular weight is 422 g/mol. The van der Waals surface area contributed by atoms with Crippen LogP contribution in [-0.4, -0.2) is 22.1 Å². The number of benzene rings is 3. The van der Waals surface area contributed by atoms with Gasteiger partial charge in [-0.1, -0.05) is 42.1 Å². The van der Waals surface area contributed by atoms with Crippen molar-refractivity contribution in [1.29, 1.82) is 0 Å². The van der Waals surface area contributed by atoms with Gasteiger partial charge in [0.05, 0.1) is 22.8 Å². The Bertz CT molecular complexity index is 1170. The van der Waals surface area contributed by atoms with Crippen molar-refractivity contribution in [2.24, 2.45) is 5.10 Å². The normalized spacial score (nSPS) is 11.3. The average Bonchev–Trinajstić information content (AvgIpc) is 3.18. The van der Waals surface area contributed by atoms with Gasteiger partial charge in [0.1, 0.15) is 11.6 Å². The molecule has 0 aliphatic rings. The van der Waals surface area contributed by atoms with Crippen LogP contribution in [0.25, 0.3) is 11.0 Å². The van der Waals surface area contributed by atoms with E-state index in [9.17, 15) is 13.6 Å². The summed E-state index contributed by atoms with van der Waals surface area (Å²) in [6.45, 7) is 0. The highest BCUT2D eigenvalue weighted by atomic mass is 32.2. The first-order valence-corrected chi connectivity index (χ1v) is 10.0. The fourth-order valence-corrected chi connectivity index (χ4v) is 3.60. The number of imidazole rings is 1. The van der Waals surface area contributed by atoms with Crippen LogP contribution in [0.2, 0.25) is 0 Å². The molecule has 1 heterocycles. The molecule has 1 amide bonds. The van der Waals surface area contributed by atoms with Gasteiger partial charge in [-0.05, 0) is 42.0 Å². The van der Waals surface area contributed by atoms with Crippen molar-refractivity contribution in [3.63, 3.8) is 0 Å². The maximum absolute atomic E-state index is 13.5. The lowest BCUT2D eigenvalue weighted by molar-refractivity contribution is 0.0955. The molecule has 0 unspecified atom stereocenters. The lowest BCUT2D eigenvalue weighted by Gasteiger charge is -2.03. The quantitative estimate of drug-likeness (QED) is 0.264. The van der Waals surface area contributed by atoms with E-state index in [2.05, 4.69) is 20.5 Å². The molecule has 0 bridgehead atoms. The molecular weight excluding hydrogens is 406 g/mol. The predicted octanol–water partition coefficient (Wildman–Crippen LogP) is 4.90. The highest BCUT2D eigenvalue weighted by Gasteiger charge is 2.08. The number of nitrogens with one attached hydrogen (secondary N) is 2. The van der Waals surface area contributed by atoms with E-state index < -0.39 is 17.5 Å². The number of rotatable bonds is 6. The van der Waals surface area contributed by atoms with Gasteiger partial charge in [-0.2, -0.15) is 5.10 Å². The van der Waals surface area contributed by atoms with Crippen molar-refractivity contribution in [2.75, 3.05) is 0 Å². The van der Waals surface area contributed by atoms with Gasteiger partial charge in [0, 0.05) is 11.3 Å². The molecule has 0 radical (unpaired) electrons. The van der Waals surface area contributed by atoms with E-state index in [0.717, 1.165) is 40.1 Å². The van der Waals surface area contributed by atoms with E-state index in [1.165, 1.54) is 6.07 Å². The molecule has 0 aliphatic heterocycles. The van der Waals surface area contributed by atoms with Crippen molar-refractivity contribution in [3.8, 4) is 0 Å². The number of para-hydroxylation sites is 2. The van der Waals surface area contributed by atoms with E-state index in [1.54, 1.807) is 23.9 Å². The summed E-state index contributed by atoms with van der Waals surface area (Å²) in [7, 11) is 0. The molecule has 0 atom stereocenters. The molecular formula is C22H16F2N4OS. The summed E-state index contributed by atoms with van der Waals surface area (Å²) in [6, 6.07) is 18.3. The standard InChI is InChI=1S/C22H16F2N4OS/c23-17-4-3-5-18(24)16(17)12-25-28-21(29)15-10-8-14(9-11-15)13-30-22-26-19-6-1-2-7-20(19)27-22/h1-12H,13H2,(H,26,27)(H,28,29)/b25-12+. The third-order valence-electron chi connectivity index (χ3n) is 4.32. The van der Waals surface area contributed by atoms with Gasteiger partial charge in [0.25, 0.3) is 5.91 Å². The Morgan fingerprint density at radius 3 is 2.50 bits per heavy atom. The predicted molar refractivity (Wildman–Crippen MR) is 114 cm³/mol. The van der Waals surface area contributed by atoms with Crippen molar-refractivity contribution in [1.82, 2.24) is 15.4 Å². The van der Waals surface area contributed by atoms with Crippen molar-refractivity contribution >= 4 is 34.9 Å². The molecule has 8 heteroatoms. The van der Waals surface area contributed by atoms with Gasteiger partial charge < -0.3 is 4.98 Å². The van der Waals surface area contributed by atoms with Crippen LogP contribution in [0.3, 0.4) is 0 Å². The molecule has 5 nitrogen and oxygen atoms in total. The van der Waals surface area contributed by atoms with E-state index in [1.807, 2.05) is 36.4 Å². The highest BCUT2D eigenvalue weighted by molar-refractivity contribution is 7.98. The van der Waals surface area contributed by atoms with Gasteiger partial charge in [0.15, 0.2) is 5.16 Å². The third-order valence-corrected chi connectivity index (χ3v) is 5.26. The number of hydrogen-bond donors (Lipinski definition) is 2. The molecule has 0 saturated carbocycles. The summed E-state index contributed by atoms with van der Waals surface area (Å²) in [6.07, 6.45) is 0.945. The van der Waals surface area contributed by atoms with E-state index in [4.69, 9.17) is 0 Å². The van der Waals surface area contributed by atoms with Crippen LogP contribution >= 0.6 is 11.8 Å². The van der Waals surface area contributed by atoms with E-state index >= 15 is 0 Å². The van der Waals surface area contributed by atoms with Crippen LogP contribution in [0.15, 0.2) is 77.0 Å². The summed E-state index contributed by atoms with van der Waals surface area (Å²) in [5.74, 6) is -1.29. The first kappa shape index (κ1) is 19.8. The molecule has 0 spiro atoms. The Kier molecular flexibility index (Phi) is 5.85. The Labute approximate surface area is 175 Å². The SMILES string of the molecule is O=C(N/N=C/c1c(F)cccc1F)c1ccc(CSc2nc3ccccc3[nH]2)cc1. The minimum absolute atomic E-state index is 0.309. The van der Waals surface area contributed by atoms with Gasteiger partial charge in [0.2, 0.25) is 0 Å². The van der Waals surface area contributed by atoms with Crippen LogP contribution in [0, 0.1) is 11.6 Å². The Morgan fingerprint density at radius 1 is 1.03 bits per heavy atom. The lowest BCUT2D eigenvalue weighted by Crippen LogP contribution is -2.17. The molecule has 0 aliphatic carbocycles. The number of nitrogens with zero attached hydrogens (tertiary/aromatic N) is 2. The van der Waals surface area contributed by atoms with Crippen LogP contribution in [0.5, 0.6) is 0 Å². The van der Waals surface area contributed by atoms with E-state index in [0.29, 0.717) is 11.3 Å². The second-order valence-corrected chi connectivity index (χ2v) is 7.34. The third kappa shape index (κ3) is 4.55. The molecule has 3 aromatic carbocycles. The maximum atomic E-state index is 13.5. The second kappa shape index (κ2) is 8.87. The molecule has 2 N–H and O–H groups in total. The summed E-state index contributed by atoms with van der Waals surface area (Å²) in [4.78, 5) is 19.9. The number of amides is 1. The zero-order chi connectivity index (χ0) is 20.9. The topological polar surface area (TPSA) is 70.1 Å². The molecule has 0 fully saturated rings. The van der Waals surface area contributed by atoms with Crippen LogP contribution in [0.4, 0.5) is 8.78 Å². The Balaban J connectivity index is 1.34. The number of H-pyrrole nitrogens is 1. The van der Waals surface area contributed by atoms with Crippen LogP contribution in [0.1, 0.15) is 21.5 Å².